The van der Waals surface area contributed by atoms with Gasteiger partial charge in [-0.15, -0.1) is 0 Å². The lowest BCUT2D eigenvalue weighted by Crippen LogP contribution is -2.33. The summed E-state index contributed by atoms with van der Waals surface area (Å²) in [5.74, 6) is -0.216. The molecule has 0 unspecified atom stereocenters. The third-order valence-corrected chi connectivity index (χ3v) is 4.89. The molecule has 0 radical (unpaired) electrons. The maximum absolute atomic E-state index is 12.6. The summed E-state index contributed by atoms with van der Waals surface area (Å²) < 4.78 is 0. The Labute approximate surface area is 161 Å². The number of carbonyl (C=O) groups is 2. The zero-order chi connectivity index (χ0) is 20.0. The highest BCUT2D eigenvalue weighted by Crippen LogP contribution is 2.24. The summed E-state index contributed by atoms with van der Waals surface area (Å²) in [7, 11) is 0. The van der Waals surface area contributed by atoms with E-state index in [1.165, 1.54) is 0 Å². The van der Waals surface area contributed by atoms with Gasteiger partial charge in [-0.3, -0.25) is 14.5 Å². The van der Waals surface area contributed by atoms with Crippen LogP contribution in [0.1, 0.15) is 40.9 Å². The fourth-order valence-electron chi connectivity index (χ4n) is 2.82. The Balaban J connectivity index is 2.12. The zero-order valence-electron chi connectivity index (χ0n) is 16.8. The average Bonchev–Trinajstić information content (AvgIpc) is 2.65. The van der Waals surface area contributed by atoms with Crippen molar-refractivity contribution in [3.05, 3.63) is 58.7 Å². The Hall–Kier alpha value is -2.66. The monoisotopic (exact) mass is 367 g/mol. The van der Waals surface area contributed by atoms with Crippen LogP contribution in [0.5, 0.6) is 0 Å². The van der Waals surface area contributed by atoms with Crippen molar-refractivity contribution in [3.8, 4) is 0 Å². The molecule has 27 heavy (non-hydrogen) atoms. The normalized spacial score (nSPS) is 10.7. The Morgan fingerprint density at radius 1 is 0.889 bits per heavy atom. The molecule has 2 aromatic carbocycles. The quantitative estimate of drug-likeness (QED) is 0.773. The summed E-state index contributed by atoms with van der Waals surface area (Å²) in [4.78, 5) is 26.9. The van der Waals surface area contributed by atoms with Gasteiger partial charge in [0.15, 0.2) is 0 Å². The van der Waals surface area contributed by atoms with Gasteiger partial charge in [-0.1, -0.05) is 26.0 Å². The standard InChI is InChI=1S/C22H29N3O2/c1-6-25(7-2)14-21(26)23-19-9-8-10-20(17(19)5)24-22(27)18-12-11-15(3)16(4)13-18/h8-13H,6-7,14H2,1-5H3,(H,23,26)(H,24,27). The molecule has 0 aromatic heterocycles. The van der Waals surface area contributed by atoms with E-state index < -0.39 is 0 Å². The van der Waals surface area contributed by atoms with Crippen LogP contribution in [0.2, 0.25) is 0 Å². The minimum absolute atomic E-state index is 0.0561. The van der Waals surface area contributed by atoms with Crippen molar-refractivity contribution in [2.24, 2.45) is 0 Å². The Bertz CT molecular complexity index is 826. The Morgan fingerprint density at radius 2 is 1.52 bits per heavy atom. The smallest absolute Gasteiger partial charge is 0.255 e. The van der Waals surface area contributed by atoms with E-state index in [-0.39, 0.29) is 11.8 Å². The van der Waals surface area contributed by atoms with Gasteiger partial charge in [0, 0.05) is 16.9 Å². The molecule has 5 nitrogen and oxygen atoms in total. The van der Waals surface area contributed by atoms with Crippen LogP contribution in [-0.4, -0.2) is 36.3 Å². The molecule has 0 aliphatic carbocycles. The minimum atomic E-state index is -0.159. The number of hydrogen-bond donors (Lipinski definition) is 2. The number of benzene rings is 2. The third-order valence-electron chi connectivity index (χ3n) is 4.89. The molecular weight excluding hydrogens is 338 g/mol. The van der Waals surface area contributed by atoms with E-state index in [0.717, 1.165) is 29.8 Å². The summed E-state index contributed by atoms with van der Waals surface area (Å²) in [6.45, 7) is 12.0. The average molecular weight is 367 g/mol. The maximum atomic E-state index is 12.6. The highest BCUT2D eigenvalue weighted by molar-refractivity contribution is 6.05. The number of anilines is 2. The second-order valence-electron chi connectivity index (χ2n) is 6.74. The molecule has 0 aliphatic rings. The van der Waals surface area contributed by atoms with Gasteiger partial charge in [-0.05, 0) is 74.8 Å². The molecule has 0 saturated heterocycles. The lowest BCUT2D eigenvalue weighted by Gasteiger charge is -2.18. The summed E-state index contributed by atoms with van der Waals surface area (Å²) in [5.41, 5.74) is 5.09. The van der Waals surface area contributed by atoms with Crippen LogP contribution in [0.3, 0.4) is 0 Å². The molecular formula is C22H29N3O2. The van der Waals surface area contributed by atoms with Crippen LogP contribution >= 0.6 is 0 Å². The predicted octanol–water partition coefficient (Wildman–Crippen LogP) is 4.14. The molecule has 2 amide bonds. The lowest BCUT2D eigenvalue weighted by atomic mass is 10.1. The van der Waals surface area contributed by atoms with Crippen LogP contribution in [0.25, 0.3) is 0 Å². The summed E-state index contributed by atoms with van der Waals surface area (Å²) in [6.07, 6.45) is 0. The van der Waals surface area contributed by atoms with E-state index in [1.807, 2.05) is 71.0 Å². The first-order chi connectivity index (χ1) is 12.8. The Morgan fingerprint density at radius 3 is 2.11 bits per heavy atom. The van der Waals surface area contributed by atoms with Gasteiger partial charge in [0.1, 0.15) is 0 Å². The van der Waals surface area contributed by atoms with Gasteiger partial charge >= 0.3 is 0 Å². The third kappa shape index (κ3) is 5.41. The van der Waals surface area contributed by atoms with Crippen LogP contribution in [-0.2, 0) is 4.79 Å². The minimum Gasteiger partial charge on any atom is -0.325 e. The number of hydrogen-bond acceptors (Lipinski definition) is 3. The van der Waals surface area contributed by atoms with Crippen molar-refractivity contribution in [3.63, 3.8) is 0 Å². The molecule has 144 valence electrons. The number of nitrogens with one attached hydrogen (secondary N) is 2. The van der Waals surface area contributed by atoms with Gasteiger partial charge in [-0.25, -0.2) is 0 Å². The number of amides is 2. The van der Waals surface area contributed by atoms with E-state index in [2.05, 4.69) is 15.5 Å². The van der Waals surface area contributed by atoms with E-state index in [4.69, 9.17) is 0 Å². The van der Waals surface area contributed by atoms with Crippen LogP contribution < -0.4 is 10.6 Å². The topological polar surface area (TPSA) is 61.4 Å². The molecule has 0 heterocycles. The maximum Gasteiger partial charge on any atom is 0.255 e. The van der Waals surface area contributed by atoms with Crippen molar-refractivity contribution in [2.75, 3.05) is 30.3 Å². The van der Waals surface area contributed by atoms with E-state index in [9.17, 15) is 9.59 Å². The molecule has 0 aliphatic heterocycles. The van der Waals surface area contributed by atoms with Gasteiger partial charge < -0.3 is 10.6 Å². The van der Waals surface area contributed by atoms with Gasteiger partial charge in [0.25, 0.3) is 5.91 Å². The SMILES string of the molecule is CCN(CC)CC(=O)Nc1cccc(NC(=O)c2ccc(C)c(C)c2)c1C. The summed E-state index contributed by atoms with van der Waals surface area (Å²) in [5, 5.41) is 5.90. The summed E-state index contributed by atoms with van der Waals surface area (Å²) >= 11 is 0. The molecule has 2 N–H and O–H groups in total. The second-order valence-corrected chi connectivity index (χ2v) is 6.74. The first kappa shape index (κ1) is 20.6. The van der Waals surface area contributed by atoms with Gasteiger partial charge in [0.2, 0.25) is 5.91 Å². The predicted molar refractivity (Wildman–Crippen MR) is 111 cm³/mol. The van der Waals surface area contributed by atoms with Crippen LogP contribution in [0.15, 0.2) is 36.4 Å². The highest BCUT2D eigenvalue weighted by atomic mass is 16.2. The van der Waals surface area contributed by atoms with Crippen molar-refractivity contribution in [2.45, 2.75) is 34.6 Å². The molecule has 0 saturated carbocycles. The molecule has 5 heteroatoms. The number of nitrogens with zero attached hydrogens (tertiary/aromatic N) is 1. The van der Waals surface area contributed by atoms with Crippen molar-refractivity contribution in [1.29, 1.82) is 0 Å². The summed E-state index contributed by atoms with van der Waals surface area (Å²) in [6, 6.07) is 11.2. The number of rotatable bonds is 7. The van der Waals surface area contributed by atoms with E-state index in [0.29, 0.717) is 23.5 Å². The molecule has 2 rings (SSSR count). The lowest BCUT2D eigenvalue weighted by molar-refractivity contribution is -0.117. The van der Waals surface area contributed by atoms with E-state index >= 15 is 0 Å². The zero-order valence-corrected chi connectivity index (χ0v) is 16.8. The highest BCUT2D eigenvalue weighted by Gasteiger charge is 2.13. The Kier molecular flexibility index (Phi) is 7.13. The van der Waals surface area contributed by atoms with Crippen molar-refractivity contribution in [1.82, 2.24) is 4.90 Å². The fourth-order valence-corrected chi connectivity index (χ4v) is 2.82. The van der Waals surface area contributed by atoms with Gasteiger partial charge in [0.05, 0.1) is 6.54 Å². The molecule has 0 bridgehead atoms. The van der Waals surface area contributed by atoms with Gasteiger partial charge in [-0.2, -0.15) is 0 Å². The fraction of sp³-hybridized carbons (Fsp3) is 0.364. The number of carbonyl (C=O) groups excluding carboxylic acids is 2. The van der Waals surface area contributed by atoms with E-state index in [1.54, 1.807) is 0 Å². The molecule has 0 atom stereocenters. The number of aryl methyl sites for hydroxylation is 2. The largest absolute Gasteiger partial charge is 0.325 e. The van der Waals surface area contributed by atoms with Crippen molar-refractivity contribution >= 4 is 23.2 Å². The first-order valence-electron chi connectivity index (χ1n) is 9.36. The molecule has 0 spiro atoms. The molecule has 0 fully saturated rings. The van der Waals surface area contributed by atoms with Crippen molar-refractivity contribution < 1.29 is 9.59 Å². The second kappa shape index (κ2) is 9.33. The number of likely N-dealkylation sites (N-methyl/N-ethyl adjacent to an activating group) is 1. The van der Waals surface area contributed by atoms with Crippen LogP contribution in [0, 0.1) is 20.8 Å². The van der Waals surface area contributed by atoms with Crippen LogP contribution in [0.4, 0.5) is 11.4 Å². The molecule has 2 aromatic rings. The first-order valence-corrected chi connectivity index (χ1v) is 9.36.